The van der Waals surface area contributed by atoms with Gasteiger partial charge >= 0.3 is 6.09 Å². The van der Waals surface area contributed by atoms with Crippen LogP contribution in [-0.4, -0.2) is 36.7 Å². The molecule has 1 N–H and O–H groups in total. The molecule has 2 bridgehead atoms. The second kappa shape index (κ2) is 7.67. The van der Waals surface area contributed by atoms with Crippen molar-refractivity contribution < 1.29 is 9.53 Å². The summed E-state index contributed by atoms with van der Waals surface area (Å²) in [5.74, 6) is 0.528. The first-order chi connectivity index (χ1) is 14.8. The highest BCUT2D eigenvalue weighted by Gasteiger charge is 2.42. The maximum atomic E-state index is 12.9. The molecule has 0 radical (unpaired) electrons. The van der Waals surface area contributed by atoms with Crippen LogP contribution in [0.2, 0.25) is 0 Å². The van der Waals surface area contributed by atoms with E-state index in [1.54, 1.807) is 0 Å². The van der Waals surface area contributed by atoms with Crippen LogP contribution < -0.4 is 5.32 Å². The molecule has 6 rings (SSSR count). The van der Waals surface area contributed by atoms with Crippen LogP contribution in [-0.2, 0) is 11.2 Å². The Morgan fingerprint density at radius 2 is 1.87 bits per heavy atom. The number of hydrogen-bond acceptors (Lipinski definition) is 3. The van der Waals surface area contributed by atoms with Crippen molar-refractivity contribution in [1.29, 1.82) is 0 Å². The Morgan fingerprint density at radius 1 is 1.10 bits per heavy atom. The van der Waals surface area contributed by atoms with E-state index in [0.717, 1.165) is 38.9 Å². The van der Waals surface area contributed by atoms with Crippen LogP contribution in [0.3, 0.4) is 0 Å². The lowest BCUT2D eigenvalue weighted by Gasteiger charge is -2.44. The molecule has 1 aliphatic carbocycles. The number of fused-ring (bicyclic) bond motifs is 4. The molecule has 0 aromatic heterocycles. The molecule has 1 unspecified atom stereocenters. The number of rotatable bonds is 3. The highest BCUT2D eigenvalue weighted by atomic mass is 16.6. The molecule has 0 saturated carbocycles. The molecular weight excluding hydrogens is 384 g/mol. The first kappa shape index (κ1) is 20.6. The first-order valence-corrected chi connectivity index (χ1v) is 11.7. The van der Waals surface area contributed by atoms with Crippen molar-refractivity contribution >= 4 is 6.09 Å². The maximum Gasteiger partial charge on any atom is 0.407 e. The van der Waals surface area contributed by atoms with E-state index in [1.807, 2.05) is 0 Å². The second-order valence-electron chi connectivity index (χ2n) is 10.6. The number of hydrogen-bond donors (Lipinski definition) is 1. The summed E-state index contributed by atoms with van der Waals surface area (Å²) >= 11 is 0. The average Bonchev–Trinajstić information content (AvgIpc) is 2.99. The maximum absolute atomic E-state index is 12.9. The molecule has 3 heterocycles. The standard InChI is InChI=1S/C27H34N2O2/c1-17-5-6-18(2)23(13-17)20-7-8-22-21(14-20)15-27(3,4)25(22)28-26(30)31-24-16-29-11-9-19(24)10-12-29/h5-8,13-14,19,24-25H,9-12,15-16H2,1-4H3,(H,28,30)/t24-,25?/m0/s1. The van der Waals surface area contributed by atoms with Gasteiger partial charge in [0.1, 0.15) is 6.10 Å². The van der Waals surface area contributed by atoms with Gasteiger partial charge in [0.15, 0.2) is 0 Å². The topological polar surface area (TPSA) is 41.6 Å². The van der Waals surface area contributed by atoms with Crippen molar-refractivity contribution in [2.75, 3.05) is 19.6 Å². The number of carbonyl (C=O) groups excluding carboxylic acids is 1. The van der Waals surface area contributed by atoms with Crippen LogP contribution in [0, 0.1) is 25.2 Å². The number of aryl methyl sites for hydroxylation is 2. The molecule has 4 nitrogen and oxygen atoms in total. The number of ether oxygens (including phenoxy) is 1. The molecule has 3 aliphatic heterocycles. The highest BCUT2D eigenvalue weighted by molar-refractivity contribution is 5.71. The van der Waals surface area contributed by atoms with E-state index in [-0.39, 0.29) is 23.7 Å². The summed E-state index contributed by atoms with van der Waals surface area (Å²) in [6.45, 7) is 12.0. The Balaban J connectivity index is 1.35. The zero-order valence-electron chi connectivity index (χ0n) is 19.2. The number of amides is 1. The molecule has 3 saturated heterocycles. The molecule has 1 amide bonds. The van der Waals surface area contributed by atoms with E-state index in [2.05, 4.69) is 74.3 Å². The summed E-state index contributed by atoms with van der Waals surface area (Å²) in [7, 11) is 0. The fourth-order valence-corrected chi connectivity index (χ4v) is 5.88. The summed E-state index contributed by atoms with van der Waals surface area (Å²) < 4.78 is 5.93. The van der Waals surface area contributed by atoms with Gasteiger partial charge in [-0.2, -0.15) is 0 Å². The van der Waals surface area contributed by atoms with Crippen molar-refractivity contribution in [2.24, 2.45) is 11.3 Å². The van der Waals surface area contributed by atoms with E-state index in [4.69, 9.17) is 4.74 Å². The van der Waals surface area contributed by atoms with Crippen molar-refractivity contribution in [1.82, 2.24) is 10.2 Å². The van der Waals surface area contributed by atoms with Gasteiger partial charge in [-0.05, 0) is 85.3 Å². The van der Waals surface area contributed by atoms with Gasteiger partial charge in [-0.1, -0.05) is 55.8 Å². The van der Waals surface area contributed by atoms with Crippen LogP contribution >= 0.6 is 0 Å². The van der Waals surface area contributed by atoms with Gasteiger partial charge in [-0.3, -0.25) is 4.90 Å². The third-order valence-electron chi connectivity index (χ3n) is 7.70. The van der Waals surface area contributed by atoms with Gasteiger partial charge in [0.2, 0.25) is 0 Å². The zero-order chi connectivity index (χ0) is 21.8. The molecule has 0 spiro atoms. The fourth-order valence-electron chi connectivity index (χ4n) is 5.88. The summed E-state index contributed by atoms with van der Waals surface area (Å²) in [5, 5.41) is 3.23. The number of carbonyl (C=O) groups is 1. The molecule has 2 aromatic rings. The number of nitrogens with one attached hydrogen (secondary N) is 1. The number of piperidine rings is 3. The normalized spacial score (nSPS) is 28.3. The Morgan fingerprint density at radius 3 is 2.58 bits per heavy atom. The Kier molecular flexibility index (Phi) is 5.09. The largest absolute Gasteiger partial charge is 0.445 e. The third-order valence-corrected chi connectivity index (χ3v) is 7.70. The van der Waals surface area contributed by atoms with Crippen LogP contribution in [0.25, 0.3) is 11.1 Å². The lowest BCUT2D eigenvalue weighted by atomic mass is 9.85. The minimum Gasteiger partial charge on any atom is -0.445 e. The minimum atomic E-state index is -0.261. The van der Waals surface area contributed by atoms with Gasteiger partial charge in [0.05, 0.1) is 6.04 Å². The number of benzene rings is 2. The van der Waals surface area contributed by atoms with E-state index in [1.165, 1.54) is 33.4 Å². The smallest absolute Gasteiger partial charge is 0.407 e. The lowest BCUT2D eigenvalue weighted by molar-refractivity contribution is -0.0348. The van der Waals surface area contributed by atoms with Crippen molar-refractivity contribution in [3.8, 4) is 11.1 Å². The number of nitrogens with zero attached hydrogens (tertiary/aromatic N) is 1. The summed E-state index contributed by atoms with van der Waals surface area (Å²) in [4.78, 5) is 15.3. The van der Waals surface area contributed by atoms with Crippen molar-refractivity contribution in [2.45, 2.75) is 59.1 Å². The zero-order valence-corrected chi connectivity index (χ0v) is 19.2. The molecule has 31 heavy (non-hydrogen) atoms. The van der Waals surface area contributed by atoms with E-state index >= 15 is 0 Å². The molecule has 4 heteroatoms. The minimum absolute atomic E-state index is 0.0243. The Hall–Kier alpha value is -2.33. The molecule has 2 atom stereocenters. The lowest BCUT2D eigenvalue weighted by Crippen LogP contribution is -2.53. The summed E-state index contributed by atoms with van der Waals surface area (Å²) in [6.07, 6.45) is 3.03. The van der Waals surface area contributed by atoms with Gasteiger partial charge < -0.3 is 10.1 Å². The van der Waals surface area contributed by atoms with E-state index in [0.29, 0.717) is 5.92 Å². The summed E-state index contributed by atoms with van der Waals surface area (Å²) in [6, 6.07) is 13.3. The summed E-state index contributed by atoms with van der Waals surface area (Å²) in [5.41, 5.74) is 7.62. The predicted molar refractivity (Wildman–Crippen MR) is 124 cm³/mol. The molecule has 4 aliphatic rings. The van der Waals surface area contributed by atoms with Gasteiger partial charge in [-0.25, -0.2) is 4.79 Å². The second-order valence-corrected chi connectivity index (χ2v) is 10.6. The van der Waals surface area contributed by atoms with E-state index in [9.17, 15) is 4.79 Å². The van der Waals surface area contributed by atoms with Gasteiger partial charge in [-0.15, -0.1) is 0 Å². The van der Waals surface area contributed by atoms with Crippen LogP contribution in [0.15, 0.2) is 36.4 Å². The van der Waals surface area contributed by atoms with Crippen LogP contribution in [0.5, 0.6) is 0 Å². The Labute approximate surface area is 186 Å². The van der Waals surface area contributed by atoms with Crippen molar-refractivity contribution in [3.63, 3.8) is 0 Å². The SMILES string of the molecule is Cc1ccc(C)c(-c2ccc3c(c2)CC(C)(C)C3NC(=O)O[C@H]2CN3CCC2CC3)c1. The van der Waals surface area contributed by atoms with Crippen LogP contribution in [0.4, 0.5) is 4.79 Å². The van der Waals surface area contributed by atoms with Gasteiger partial charge in [0.25, 0.3) is 0 Å². The van der Waals surface area contributed by atoms with E-state index < -0.39 is 0 Å². The number of alkyl carbamates (subject to hydrolysis) is 1. The fraction of sp³-hybridized carbons (Fsp3) is 0.519. The van der Waals surface area contributed by atoms with Gasteiger partial charge in [0, 0.05) is 6.54 Å². The predicted octanol–water partition coefficient (Wildman–Crippen LogP) is 5.41. The Bertz CT molecular complexity index is 1000. The highest BCUT2D eigenvalue weighted by Crippen LogP contribution is 2.46. The first-order valence-electron chi connectivity index (χ1n) is 11.7. The molecular formula is C27H34N2O2. The molecule has 164 valence electrons. The molecule has 3 fully saturated rings. The molecule has 2 aromatic carbocycles. The third kappa shape index (κ3) is 3.87. The monoisotopic (exact) mass is 418 g/mol. The average molecular weight is 419 g/mol. The quantitative estimate of drug-likeness (QED) is 0.724. The van der Waals surface area contributed by atoms with Crippen molar-refractivity contribution in [3.05, 3.63) is 58.7 Å². The van der Waals surface area contributed by atoms with Crippen LogP contribution in [0.1, 0.15) is 55.0 Å².